The average Bonchev–Trinajstić information content (AvgIpc) is 2.31. The molecular formula is C13H23F3O2S. The Labute approximate surface area is 117 Å². The number of thioether (sulfide) groups is 1. The summed E-state index contributed by atoms with van der Waals surface area (Å²) in [5.41, 5.74) is 0. The second-order valence-corrected chi connectivity index (χ2v) is 6.09. The van der Waals surface area contributed by atoms with Gasteiger partial charge in [0.25, 0.3) is 0 Å². The molecule has 19 heavy (non-hydrogen) atoms. The highest BCUT2D eigenvalue weighted by Gasteiger charge is 2.26. The quantitative estimate of drug-likeness (QED) is 0.436. The van der Waals surface area contributed by atoms with E-state index in [2.05, 4.69) is 6.92 Å². The van der Waals surface area contributed by atoms with Gasteiger partial charge < -0.3 is 4.74 Å². The van der Waals surface area contributed by atoms with Crippen molar-refractivity contribution in [1.82, 2.24) is 0 Å². The maximum Gasteiger partial charge on any atom is 0.389 e. The molecular weight excluding hydrogens is 277 g/mol. The van der Waals surface area contributed by atoms with E-state index in [9.17, 15) is 18.0 Å². The number of ether oxygens (including phenoxy) is 1. The van der Waals surface area contributed by atoms with Gasteiger partial charge in [0.15, 0.2) is 0 Å². The first-order valence-electron chi connectivity index (χ1n) is 6.69. The predicted octanol–water partition coefficient (Wildman–Crippen LogP) is 4.57. The van der Waals surface area contributed by atoms with Crippen molar-refractivity contribution in [2.45, 2.75) is 63.8 Å². The molecule has 1 unspecified atom stereocenters. The standard InChI is InChI=1S/C13H23F3O2S/c1-3-4-5-7-12(17)18-10-11(2)19-9-6-8-13(14,15)16/h11H,3-10H2,1-2H3. The second-order valence-electron chi connectivity index (χ2n) is 4.54. The van der Waals surface area contributed by atoms with Gasteiger partial charge in [0, 0.05) is 18.1 Å². The first-order valence-corrected chi connectivity index (χ1v) is 7.74. The van der Waals surface area contributed by atoms with E-state index in [0.717, 1.165) is 19.3 Å². The van der Waals surface area contributed by atoms with Crippen LogP contribution in [0.2, 0.25) is 0 Å². The van der Waals surface area contributed by atoms with Crippen molar-refractivity contribution in [1.29, 1.82) is 0 Å². The molecule has 0 heterocycles. The number of esters is 1. The first kappa shape index (κ1) is 18.6. The van der Waals surface area contributed by atoms with Crippen LogP contribution in [0.5, 0.6) is 0 Å². The number of carbonyl (C=O) groups is 1. The lowest BCUT2D eigenvalue weighted by atomic mass is 10.2. The van der Waals surface area contributed by atoms with Crippen molar-refractivity contribution in [2.75, 3.05) is 12.4 Å². The Kier molecular flexibility index (Phi) is 10.2. The van der Waals surface area contributed by atoms with E-state index in [1.165, 1.54) is 11.8 Å². The van der Waals surface area contributed by atoms with Crippen molar-refractivity contribution in [2.24, 2.45) is 0 Å². The molecule has 0 fully saturated rings. The maximum atomic E-state index is 11.9. The summed E-state index contributed by atoms with van der Waals surface area (Å²) in [7, 11) is 0. The van der Waals surface area contributed by atoms with Gasteiger partial charge in [0.05, 0.1) is 0 Å². The first-order chi connectivity index (χ1) is 8.85. The highest BCUT2D eigenvalue weighted by molar-refractivity contribution is 7.99. The van der Waals surface area contributed by atoms with E-state index in [1.54, 1.807) is 0 Å². The molecule has 0 N–H and O–H groups in total. The summed E-state index contributed by atoms with van der Waals surface area (Å²) in [6.07, 6.45) is -1.38. The minimum Gasteiger partial charge on any atom is -0.465 e. The summed E-state index contributed by atoms with van der Waals surface area (Å²) in [5.74, 6) is 0.227. The fourth-order valence-corrected chi connectivity index (χ4v) is 2.28. The molecule has 0 rings (SSSR count). The minimum atomic E-state index is -4.07. The third-order valence-corrected chi connectivity index (χ3v) is 3.70. The molecule has 0 saturated carbocycles. The number of alkyl halides is 3. The maximum absolute atomic E-state index is 11.9. The zero-order valence-electron chi connectivity index (χ0n) is 11.6. The lowest BCUT2D eigenvalue weighted by Gasteiger charge is -2.12. The van der Waals surface area contributed by atoms with Gasteiger partial charge in [-0.3, -0.25) is 4.79 Å². The van der Waals surface area contributed by atoms with Crippen molar-refractivity contribution < 1.29 is 22.7 Å². The summed E-state index contributed by atoms with van der Waals surface area (Å²) in [6.45, 7) is 4.20. The Bertz CT molecular complexity index is 245. The van der Waals surface area contributed by atoms with Gasteiger partial charge in [-0.25, -0.2) is 0 Å². The van der Waals surface area contributed by atoms with Crippen LogP contribution in [0.1, 0.15) is 52.4 Å². The molecule has 0 aliphatic heterocycles. The van der Waals surface area contributed by atoms with Crippen LogP contribution in [0, 0.1) is 0 Å². The Morgan fingerprint density at radius 1 is 1.26 bits per heavy atom. The van der Waals surface area contributed by atoms with Crippen LogP contribution in [-0.4, -0.2) is 29.8 Å². The topological polar surface area (TPSA) is 26.3 Å². The fraction of sp³-hybridized carbons (Fsp3) is 0.923. The smallest absolute Gasteiger partial charge is 0.389 e. The van der Waals surface area contributed by atoms with Crippen molar-refractivity contribution in [3.63, 3.8) is 0 Å². The Balaban J connectivity index is 3.48. The minimum absolute atomic E-state index is 0.0448. The third kappa shape index (κ3) is 13.8. The Hall–Kier alpha value is -0.390. The van der Waals surface area contributed by atoms with Gasteiger partial charge in [-0.05, 0) is 25.5 Å². The fourth-order valence-electron chi connectivity index (χ4n) is 1.41. The largest absolute Gasteiger partial charge is 0.465 e. The third-order valence-electron chi connectivity index (χ3n) is 2.47. The van der Waals surface area contributed by atoms with Gasteiger partial charge in [0.2, 0.25) is 0 Å². The van der Waals surface area contributed by atoms with Crippen molar-refractivity contribution in [3.8, 4) is 0 Å². The molecule has 0 amide bonds. The van der Waals surface area contributed by atoms with E-state index >= 15 is 0 Å². The second kappa shape index (κ2) is 10.4. The normalized spacial score (nSPS) is 13.3. The van der Waals surface area contributed by atoms with E-state index in [4.69, 9.17) is 4.74 Å². The van der Waals surface area contributed by atoms with E-state index in [0.29, 0.717) is 12.2 Å². The zero-order valence-corrected chi connectivity index (χ0v) is 12.4. The molecule has 0 radical (unpaired) electrons. The molecule has 0 aromatic rings. The summed E-state index contributed by atoms with van der Waals surface area (Å²) in [4.78, 5) is 11.3. The molecule has 0 aromatic heterocycles. The zero-order chi connectivity index (χ0) is 14.7. The Morgan fingerprint density at radius 2 is 1.95 bits per heavy atom. The Morgan fingerprint density at radius 3 is 2.53 bits per heavy atom. The summed E-state index contributed by atoms with van der Waals surface area (Å²) in [6, 6.07) is 0. The van der Waals surface area contributed by atoms with Crippen LogP contribution < -0.4 is 0 Å². The van der Waals surface area contributed by atoms with Crippen molar-refractivity contribution in [3.05, 3.63) is 0 Å². The van der Waals surface area contributed by atoms with Gasteiger partial charge in [-0.2, -0.15) is 24.9 Å². The molecule has 0 bridgehead atoms. The number of hydrogen-bond donors (Lipinski definition) is 0. The molecule has 6 heteroatoms. The number of hydrogen-bond acceptors (Lipinski definition) is 3. The van der Waals surface area contributed by atoms with Crippen LogP contribution in [0.3, 0.4) is 0 Å². The summed E-state index contributed by atoms with van der Waals surface area (Å²) in [5, 5.41) is 0.0448. The monoisotopic (exact) mass is 300 g/mol. The number of halogens is 3. The highest BCUT2D eigenvalue weighted by Crippen LogP contribution is 2.23. The van der Waals surface area contributed by atoms with Gasteiger partial charge >= 0.3 is 12.1 Å². The van der Waals surface area contributed by atoms with Gasteiger partial charge in [0.1, 0.15) is 6.61 Å². The highest BCUT2D eigenvalue weighted by atomic mass is 32.2. The molecule has 0 aromatic carbocycles. The van der Waals surface area contributed by atoms with Crippen LogP contribution in [0.25, 0.3) is 0 Å². The lowest BCUT2D eigenvalue weighted by Crippen LogP contribution is -2.14. The van der Waals surface area contributed by atoms with Gasteiger partial charge in [-0.1, -0.05) is 19.8 Å². The summed E-state index contributed by atoms with van der Waals surface area (Å²) >= 11 is 1.41. The van der Waals surface area contributed by atoms with Gasteiger partial charge in [-0.15, -0.1) is 0 Å². The molecule has 2 nitrogen and oxygen atoms in total. The number of rotatable bonds is 10. The van der Waals surface area contributed by atoms with Crippen LogP contribution in [-0.2, 0) is 9.53 Å². The number of carbonyl (C=O) groups excluding carboxylic acids is 1. The molecule has 0 aliphatic carbocycles. The number of unbranched alkanes of at least 4 members (excludes halogenated alkanes) is 2. The molecule has 1 atom stereocenters. The molecule has 0 saturated heterocycles. The van der Waals surface area contributed by atoms with Crippen molar-refractivity contribution >= 4 is 17.7 Å². The summed E-state index contributed by atoms with van der Waals surface area (Å²) < 4.78 is 40.8. The van der Waals surface area contributed by atoms with E-state index < -0.39 is 12.6 Å². The van der Waals surface area contributed by atoms with Crippen LogP contribution in [0.4, 0.5) is 13.2 Å². The van der Waals surface area contributed by atoms with Crippen LogP contribution >= 0.6 is 11.8 Å². The molecule has 0 spiro atoms. The van der Waals surface area contributed by atoms with Crippen LogP contribution in [0.15, 0.2) is 0 Å². The average molecular weight is 300 g/mol. The molecule has 114 valence electrons. The lowest BCUT2D eigenvalue weighted by molar-refractivity contribution is -0.143. The molecule has 0 aliphatic rings. The van der Waals surface area contributed by atoms with E-state index in [-0.39, 0.29) is 24.2 Å². The SMILES string of the molecule is CCCCCC(=O)OCC(C)SCCCC(F)(F)F. The van der Waals surface area contributed by atoms with E-state index in [1.807, 2.05) is 6.92 Å². The predicted molar refractivity (Wildman–Crippen MR) is 72.3 cm³/mol.